The summed E-state index contributed by atoms with van der Waals surface area (Å²) in [5.74, 6) is 0.674. The Morgan fingerprint density at radius 1 is 1.22 bits per heavy atom. The zero-order valence-electron chi connectivity index (χ0n) is 10.2. The van der Waals surface area contributed by atoms with Gasteiger partial charge in [-0.15, -0.1) is 0 Å². The summed E-state index contributed by atoms with van der Waals surface area (Å²) in [5.41, 5.74) is 1.74. The third-order valence-corrected chi connectivity index (χ3v) is 2.49. The Balaban J connectivity index is 2.41. The van der Waals surface area contributed by atoms with Gasteiger partial charge in [-0.2, -0.15) is 13.2 Å². The molecule has 0 saturated heterocycles. The molecular weight excluding hydrogens is 267 g/mol. The maximum atomic E-state index is 11.9. The van der Waals surface area contributed by atoms with Crippen LogP contribution in [0.4, 0.5) is 13.2 Å². The highest BCUT2D eigenvalue weighted by Gasteiger charge is 2.25. The minimum Gasteiger partial charge on any atom is -0.492 e. The molecule has 0 bridgehead atoms. The van der Waals surface area contributed by atoms with Crippen molar-refractivity contribution in [2.75, 3.05) is 19.7 Å². The number of alkyl halides is 3. The van der Waals surface area contributed by atoms with E-state index in [1.807, 2.05) is 13.8 Å². The van der Waals surface area contributed by atoms with Crippen molar-refractivity contribution in [3.05, 3.63) is 28.3 Å². The maximum absolute atomic E-state index is 11.9. The number of halogens is 4. The van der Waals surface area contributed by atoms with Gasteiger partial charge in [-0.25, -0.2) is 0 Å². The number of benzene rings is 1. The van der Waals surface area contributed by atoms with E-state index in [1.54, 1.807) is 12.1 Å². The second kappa shape index (κ2) is 6.29. The van der Waals surface area contributed by atoms with E-state index in [-0.39, 0.29) is 13.2 Å². The quantitative estimate of drug-likeness (QED) is 0.834. The third kappa shape index (κ3) is 5.14. The Hall–Kier alpha value is -0.940. The summed E-state index contributed by atoms with van der Waals surface area (Å²) in [6.07, 6.45) is -4.19. The number of hydrogen-bond acceptors (Lipinski definition) is 2. The van der Waals surface area contributed by atoms with E-state index in [0.717, 1.165) is 11.1 Å². The van der Waals surface area contributed by atoms with E-state index in [9.17, 15) is 13.2 Å². The molecule has 0 heterocycles. The fraction of sp³-hybridized carbons (Fsp3) is 0.500. The van der Waals surface area contributed by atoms with Crippen molar-refractivity contribution >= 4 is 11.6 Å². The molecule has 0 aliphatic carbocycles. The molecule has 1 rings (SSSR count). The molecule has 6 heteroatoms. The molecule has 0 saturated carbocycles. The monoisotopic (exact) mass is 281 g/mol. The Kier molecular flexibility index (Phi) is 5.28. The predicted molar refractivity (Wildman–Crippen MR) is 65.3 cm³/mol. The molecule has 0 amide bonds. The summed E-state index contributed by atoms with van der Waals surface area (Å²) in [6, 6.07) is 3.51. The first-order valence-corrected chi connectivity index (χ1v) is 5.84. The molecule has 0 aliphatic rings. The molecule has 1 N–H and O–H groups in total. The predicted octanol–water partition coefficient (Wildman–Crippen LogP) is 3.49. The van der Waals surface area contributed by atoms with E-state index >= 15 is 0 Å². The van der Waals surface area contributed by atoms with Gasteiger partial charge in [0.2, 0.25) is 0 Å². The molecule has 18 heavy (non-hydrogen) atoms. The minimum atomic E-state index is -4.19. The number of aryl methyl sites for hydroxylation is 2. The molecule has 1 aromatic carbocycles. The number of ether oxygens (including phenoxy) is 1. The molecule has 0 aromatic heterocycles. The van der Waals surface area contributed by atoms with Crippen LogP contribution in [0.25, 0.3) is 0 Å². The van der Waals surface area contributed by atoms with Crippen LogP contribution in [-0.4, -0.2) is 25.9 Å². The summed E-state index contributed by atoms with van der Waals surface area (Å²) in [4.78, 5) is 0. The van der Waals surface area contributed by atoms with Gasteiger partial charge in [-0.3, -0.25) is 0 Å². The molecule has 2 nitrogen and oxygen atoms in total. The van der Waals surface area contributed by atoms with Gasteiger partial charge in [0.15, 0.2) is 0 Å². The van der Waals surface area contributed by atoms with Crippen LogP contribution >= 0.6 is 11.6 Å². The maximum Gasteiger partial charge on any atom is 0.401 e. The van der Waals surface area contributed by atoms with E-state index in [0.29, 0.717) is 10.8 Å². The minimum absolute atomic E-state index is 0.140. The van der Waals surface area contributed by atoms with E-state index in [2.05, 4.69) is 5.32 Å². The molecule has 0 atom stereocenters. The van der Waals surface area contributed by atoms with Gasteiger partial charge in [0, 0.05) is 11.6 Å². The van der Waals surface area contributed by atoms with Crippen molar-refractivity contribution in [1.82, 2.24) is 5.32 Å². The van der Waals surface area contributed by atoms with Crippen LogP contribution in [0.3, 0.4) is 0 Å². The first kappa shape index (κ1) is 15.1. The van der Waals surface area contributed by atoms with Crippen molar-refractivity contribution < 1.29 is 17.9 Å². The van der Waals surface area contributed by atoms with E-state index in [1.165, 1.54) is 0 Å². The van der Waals surface area contributed by atoms with Gasteiger partial charge in [0.1, 0.15) is 12.4 Å². The van der Waals surface area contributed by atoms with Gasteiger partial charge in [-0.05, 0) is 37.1 Å². The van der Waals surface area contributed by atoms with Crippen LogP contribution in [0, 0.1) is 13.8 Å². The van der Waals surface area contributed by atoms with Gasteiger partial charge >= 0.3 is 6.18 Å². The van der Waals surface area contributed by atoms with Crippen LogP contribution in [0.1, 0.15) is 11.1 Å². The number of hydrogen-bond donors (Lipinski definition) is 1. The van der Waals surface area contributed by atoms with Crippen molar-refractivity contribution in [2.45, 2.75) is 20.0 Å². The average Bonchev–Trinajstić information content (AvgIpc) is 2.19. The summed E-state index contributed by atoms with van der Waals surface area (Å²) in [5, 5.41) is 2.89. The average molecular weight is 282 g/mol. The fourth-order valence-corrected chi connectivity index (χ4v) is 1.91. The van der Waals surface area contributed by atoms with Crippen molar-refractivity contribution in [2.24, 2.45) is 0 Å². The molecule has 0 spiro atoms. The van der Waals surface area contributed by atoms with Crippen LogP contribution in [-0.2, 0) is 0 Å². The molecule has 0 radical (unpaired) electrons. The van der Waals surface area contributed by atoms with Gasteiger partial charge in [0.05, 0.1) is 6.54 Å². The topological polar surface area (TPSA) is 21.3 Å². The molecule has 0 fully saturated rings. The second-order valence-corrected chi connectivity index (χ2v) is 4.45. The summed E-state index contributed by atoms with van der Waals surface area (Å²) in [7, 11) is 0. The van der Waals surface area contributed by atoms with Crippen LogP contribution in [0.2, 0.25) is 5.02 Å². The third-order valence-electron chi connectivity index (χ3n) is 2.28. The SMILES string of the molecule is Cc1cc(Cl)cc(C)c1OCCNCC(F)(F)F. The molecule has 0 aliphatic heterocycles. The highest BCUT2D eigenvalue weighted by atomic mass is 35.5. The number of rotatable bonds is 5. The first-order chi connectivity index (χ1) is 8.29. The van der Waals surface area contributed by atoms with E-state index < -0.39 is 12.7 Å². The van der Waals surface area contributed by atoms with Crippen molar-refractivity contribution in [3.8, 4) is 5.75 Å². The van der Waals surface area contributed by atoms with Crippen LogP contribution in [0.5, 0.6) is 5.75 Å². The van der Waals surface area contributed by atoms with E-state index in [4.69, 9.17) is 16.3 Å². The Bertz CT molecular complexity index is 384. The summed E-state index contributed by atoms with van der Waals surface area (Å²) < 4.78 is 41.0. The Labute approximate surface area is 109 Å². The lowest BCUT2D eigenvalue weighted by Crippen LogP contribution is -2.31. The lowest BCUT2D eigenvalue weighted by molar-refractivity contribution is -0.124. The zero-order valence-corrected chi connectivity index (χ0v) is 11.0. The van der Waals surface area contributed by atoms with Gasteiger partial charge in [0.25, 0.3) is 0 Å². The highest BCUT2D eigenvalue weighted by Crippen LogP contribution is 2.26. The molecule has 1 aromatic rings. The van der Waals surface area contributed by atoms with Gasteiger partial charge in [-0.1, -0.05) is 11.6 Å². The zero-order chi connectivity index (χ0) is 13.8. The normalized spacial score (nSPS) is 11.7. The first-order valence-electron chi connectivity index (χ1n) is 5.46. The second-order valence-electron chi connectivity index (χ2n) is 4.01. The van der Waals surface area contributed by atoms with Crippen LogP contribution in [0.15, 0.2) is 12.1 Å². The smallest absolute Gasteiger partial charge is 0.401 e. The van der Waals surface area contributed by atoms with Gasteiger partial charge < -0.3 is 10.1 Å². The Morgan fingerprint density at radius 3 is 2.28 bits per heavy atom. The summed E-state index contributed by atoms with van der Waals surface area (Å²) >= 11 is 5.86. The molecule has 0 unspecified atom stereocenters. The highest BCUT2D eigenvalue weighted by molar-refractivity contribution is 6.30. The number of nitrogens with one attached hydrogen (secondary N) is 1. The Morgan fingerprint density at radius 2 is 1.78 bits per heavy atom. The fourth-order valence-electron chi connectivity index (χ4n) is 1.58. The standard InChI is InChI=1S/C12H15ClF3NO/c1-8-5-10(13)6-9(2)11(8)18-4-3-17-7-12(14,15)16/h5-6,17H,3-4,7H2,1-2H3. The summed E-state index contributed by atoms with van der Waals surface area (Å²) in [6.45, 7) is 3.00. The lowest BCUT2D eigenvalue weighted by atomic mass is 10.1. The molecule has 102 valence electrons. The van der Waals surface area contributed by atoms with Crippen LogP contribution < -0.4 is 10.1 Å². The lowest BCUT2D eigenvalue weighted by Gasteiger charge is -2.13. The van der Waals surface area contributed by atoms with Crippen molar-refractivity contribution in [3.63, 3.8) is 0 Å². The molecular formula is C12H15ClF3NO. The largest absolute Gasteiger partial charge is 0.492 e. The van der Waals surface area contributed by atoms with Crippen molar-refractivity contribution in [1.29, 1.82) is 0 Å².